The van der Waals surface area contributed by atoms with Gasteiger partial charge in [0.25, 0.3) is 0 Å². The minimum Gasteiger partial charge on any atom is -0.313 e. The number of rotatable bonds is 2. The molecule has 1 aromatic heterocycles. The first kappa shape index (κ1) is 17.5. The van der Waals surface area contributed by atoms with Crippen molar-refractivity contribution in [2.45, 2.75) is 38.0 Å². The zero-order valence-electron chi connectivity index (χ0n) is 9.70. The van der Waals surface area contributed by atoms with Crippen LogP contribution in [0.1, 0.15) is 30.4 Å². The summed E-state index contributed by atoms with van der Waals surface area (Å²) in [6.07, 6.45) is -3.59. The van der Waals surface area contributed by atoms with Gasteiger partial charge in [0.2, 0.25) is 0 Å². The molecule has 2 rings (SSSR count). The van der Waals surface area contributed by atoms with Crippen LogP contribution in [0.2, 0.25) is 0 Å². The molecule has 0 fully saturated rings. The smallest absolute Gasteiger partial charge is 0.313 e. The van der Waals surface area contributed by atoms with Crippen LogP contribution in [0.15, 0.2) is 0 Å². The topological polar surface area (TPSA) is 42.7 Å². The molecule has 0 aromatic carbocycles. The highest BCUT2D eigenvalue weighted by Crippen LogP contribution is 2.40. The van der Waals surface area contributed by atoms with Crippen LogP contribution in [0.5, 0.6) is 0 Å². The van der Waals surface area contributed by atoms with Gasteiger partial charge in [-0.25, -0.2) is 0 Å². The molecule has 0 saturated heterocycles. The second-order valence-corrected chi connectivity index (χ2v) is 3.89. The van der Waals surface area contributed by atoms with Gasteiger partial charge in [0.05, 0.1) is 6.54 Å². The lowest BCUT2D eigenvalue weighted by atomic mass is 9.98. The van der Waals surface area contributed by atoms with Gasteiger partial charge in [0, 0.05) is 6.54 Å². The SMILES string of the molecule is CNCc1nnc2n1CCCC2C(F)(F)F.Cl.Cl. The number of fused-ring (bicyclic) bond motifs is 1. The summed E-state index contributed by atoms with van der Waals surface area (Å²) in [5, 5.41) is 10.3. The third kappa shape index (κ3) is 3.27. The summed E-state index contributed by atoms with van der Waals surface area (Å²) < 4.78 is 39.7. The van der Waals surface area contributed by atoms with Crippen LogP contribution in [0.4, 0.5) is 13.2 Å². The number of hydrogen-bond donors (Lipinski definition) is 1. The van der Waals surface area contributed by atoms with Crippen molar-refractivity contribution < 1.29 is 13.2 Å². The standard InChI is InChI=1S/C9H13F3N4.2ClH/c1-13-5-7-14-15-8-6(9(10,11)12)3-2-4-16(7)8;;/h6,13H,2-5H2,1H3;2*1H. The Morgan fingerprint density at radius 2 is 2.00 bits per heavy atom. The zero-order valence-corrected chi connectivity index (χ0v) is 11.3. The molecular formula is C9H15Cl2F3N4. The highest BCUT2D eigenvalue weighted by molar-refractivity contribution is 5.85. The van der Waals surface area contributed by atoms with E-state index in [1.54, 1.807) is 11.6 Å². The van der Waals surface area contributed by atoms with Gasteiger partial charge >= 0.3 is 6.18 Å². The zero-order chi connectivity index (χ0) is 11.8. The van der Waals surface area contributed by atoms with Gasteiger partial charge in [-0.3, -0.25) is 0 Å². The summed E-state index contributed by atoms with van der Waals surface area (Å²) in [7, 11) is 1.73. The quantitative estimate of drug-likeness (QED) is 0.911. The first-order valence-electron chi connectivity index (χ1n) is 5.17. The number of nitrogens with one attached hydrogen (secondary N) is 1. The minimum absolute atomic E-state index is 0. The van der Waals surface area contributed by atoms with Crippen molar-refractivity contribution >= 4 is 24.8 Å². The maximum Gasteiger partial charge on any atom is 0.398 e. The third-order valence-electron chi connectivity index (χ3n) is 2.77. The van der Waals surface area contributed by atoms with Crippen molar-refractivity contribution in [1.82, 2.24) is 20.1 Å². The fourth-order valence-corrected chi connectivity index (χ4v) is 2.03. The highest BCUT2D eigenvalue weighted by atomic mass is 35.5. The Labute approximate surface area is 115 Å². The highest BCUT2D eigenvalue weighted by Gasteiger charge is 2.45. The average molecular weight is 307 g/mol. The Hall–Kier alpha value is -0.530. The molecule has 1 unspecified atom stereocenters. The van der Waals surface area contributed by atoms with E-state index in [2.05, 4.69) is 15.5 Å². The van der Waals surface area contributed by atoms with Gasteiger partial charge in [-0.2, -0.15) is 13.2 Å². The molecule has 0 bridgehead atoms. The Bertz CT molecular complexity index is 380. The lowest BCUT2D eigenvalue weighted by Crippen LogP contribution is -2.29. The van der Waals surface area contributed by atoms with E-state index in [4.69, 9.17) is 0 Å². The largest absolute Gasteiger partial charge is 0.398 e. The molecule has 0 aliphatic carbocycles. The number of halogens is 5. The molecule has 1 aliphatic rings. The van der Waals surface area contributed by atoms with E-state index in [-0.39, 0.29) is 37.1 Å². The third-order valence-corrected chi connectivity index (χ3v) is 2.77. The molecule has 0 saturated carbocycles. The van der Waals surface area contributed by atoms with Crippen LogP contribution in [0, 0.1) is 0 Å². The molecule has 18 heavy (non-hydrogen) atoms. The van der Waals surface area contributed by atoms with E-state index in [0.717, 1.165) is 0 Å². The fourth-order valence-electron chi connectivity index (χ4n) is 2.03. The van der Waals surface area contributed by atoms with E-state index in [1.165, 1.54) is 0 Å². The average Bonchev–Trinajstić information content (AvgIpc) is 2.61. The first-order valence-corrected chi connectivity index (χ1v) is 5.17. The summed E-state index contributed by atoms with van der Waals surface area (Å²) in [4.78, 5) is 0. The van der Waals surface area contributed by atoms with Gasteiger partial charge in [-0.1, -0.05) is 0 Å². The van der Waals surface area contributed by atoms with Gasteiger partial charge < -0.3 is 9.88 Å². The summed E-state index contributed by atoms with van der Waals surface area (Å²) >= 11 is 0. The lowest BCUT2D eigenvalue weighted by Gasteiger charge is -2.25. The molecule has 0 spiro atoms. The lowest BCUT2D eigenvalue weighted by molar-refractivity contribution is -0.156. The normalized spacial score (nSPS) is 18.6. The van der Waals surface area contributed by atoms with E-state index in [1.807, 2.05) is 0 Å². The van der Waals surface area contributed by atoms with Gasteiger partial charge in [0.1, 0.15) is 17.6 Å². The van der Waals surface area contributed by atoms with Crippen molar-refractivity contribution in [2.24, 2.45) is 0 Å². The van der Waals surface area contributed by atoms with Crippen molar-refractivity contribution in [3.63, 3.8) is 0 Å². The molecule has 1 aromatic rings. The van der Waals surface area contributed by atoms with Crippen molar-refractivity contribution in [3.8, 4) is 0 Å². The Balaban J connectivity index is 0.00000144. The van der Waals surface area contributed by atoms with E-state index in [9.17, 15) is 13.2 Å². The van der Waals surface area contributed by atoms with Crippen LogP contribution in [-0.2, 0) is 13.1 Å². The Morgan fingerprint density at radius 1 is 1.33 bits per heavy atom. The fraction of sp³-hybridized carbons (Fsp3) is 0.778. The number of alkyl halides is 3. The molecule has 1 aliphatic heterocycles. The van der Waals surface area contributed by atoms with E-state index < -0.39 is 12.1 Å². The summed E-state index contributed by atoms with van der Waals surface area (Å²) in [6.45, 7) is 1.02. The minimum atomic E-state index is -4.22. The van der Waals surface area contributed by atoms with Crippen molar-refractivity contribution in [1.29, 1.82) is 0 Å². The predicted octanol–water partition coefficient (Wildman–Crippen LogP) is 2.28. The van der Waals surface area contributed by atoms with E-state index >= 15 is 0 Å². The maximum atomic E-state index is 12.7. The molecule has 9 heteroatoms. The molecule has 2 heterocycles. The monoisotopic (exact) mass is 306 g/mol. The van der Waals surface area contributed by atoms with Gasteiger partial charge in [-0.15, -0.1) is 35.0 Å². The Kier molecular flexibility index (Phi) is 6.39. The molecular weight excluding hydrogens is 292 g/mol. The summed E-state index contributed by atoms with van der Waals surface area (Å²) in [5.41, 5.74) is 0. The number of nitrogens with zero attached hydrogens (tertiary/aromatic N) is 3. The van der Waals surface area contributed by atoms with Crippen LogP contribution in [-0.4, -0.2) is 28.0 Å². The van der Waals surface area contributed by atoms with Crippen molar-refractivity contribution in [3.05, 3.63) is 11.6 Å². The van der Waals surface area contributed by atoms with Crippen LogP contribution < -0.4 is 5.32 Å². The van der Waals surface area contributed by atoms with Crippen LogP contribution >= 0.6 is 24.8 Å². The number of hydrogen-bond acceptors (Lipinski definition) is 3. The second kappa shape index (κ2) is 6.58. The maximum absolute atomic E-state index is 12.7. The molecule has 106 valence electrons. The summed E-state index contributed by atoms with van der Waals surface area (Å²) in [5.74, 6) is -0.824. The van der Waals surface area contributed by atoms with Gasteiger partial charge in [-0.05, 0) is 19.9 Å². The molecule has 1 atom stereocenters. The molecule has 4 nitrogen and oxygen atoms in total. The molecule has 1 N–H and O–H groups in total. The number of aromatic nitrogens is 3. The van der Waals surface area contributed by atoms with Crippen LogP contribution in [0.25, 0.3) is 0 Å². The Morgan fingerprint density at radius 3 is 2.56 bits per heavy atom. The molecule has 0 radical (unpaired) electrons. The summed E-state index contributed by atoms with van der Waals surface area (Å²) in [6, 6.07) is 0. The first-order chi connectivity index (χ1) is 7.54. The second-order valence-electron chi connectivity index (χ2n) is 3.89. The van der Waals surface area contributed by atoms with E-state index in [0.29, 0.717) is 25.3 Å². The van der Waals surface area contributed by atoms with Crippen molar-refractivity contribution in [2.75, 3.05) is 7.05 Å². The predicted molar refractivity (Wildman–Crippen MR) is 65.3 cm³/mol. The van der Waals surface area contributed by atoms with Gasteiger partial charge in [0.15, 0.2) is 0 Å². The molecule has 0 amide bonds. The van der Waals surface area contributed by atoms with Crippen LogP contribution in [0.3, 0.4) is 0 Å².